The summed E-state index contributed by atoms with van der Waals surface area (Å²) in [6.07, 6.45) is 4.38. The van der Waals surface area contributed by atoms with Gasteiger partial charge in [-0.05, 0) is 38.4 Å². The van der Waals surface area contributed by atoms with Gasteiger partial charge in [0.1, 0.15) is 0 Å². The molecule has 0 bridgehead atoms. The van der Waals surface area contributed by atoms with Crippen molar-refractivity contribution in [1.29, 1.82) is 0 Å². The van der Waals surface area contributed by atoms with Crippen molar-refractivity contribution in [3.63, 3.8) is 0 Å². The molecule has 1 aromatic heterocycles. The number of hydrogen-bond donors (Lipinski definition) is 1. The molecule has 2 heteroatoms. The fourth-order valence-corrected chi connectivity index (χ4v) is 1.51. The minimum Gasteiger partial charge on any atom is -0.309 e. The van der Waals surface area contributed by atoms with Crippen LogP contribution in [0.4, 0.5) is 0 Å². The smallest absolute Gasteiger partial charge is 0.0607 e. The van der Waals surface area contributed by atoms with E-state index in [9.17, 15) is 0 Å². The Morgan fingerprint density at radius 1 is 1.29 bits per heavy atom. The van der Waals surface area contributed by atoms with Crippen molar-refractivity contribution >= 4 is 0 Å². The van der Waals surface area contributed by atoms with Gasteiger partial charge in [0, 0.05) is 6.20 Å². The molecule has 0 aromatic carbocycles. The SMILES string of the molecule is CC.CNC1(c2ccc(C)cn2)CC1. The summed E-state index contributed by atoms with van der Waals surface area (Å²) in [7, 11) is 2.01. The second-order valence-corrected chi connectivity index (χ2v) is 3.55. The van der Waals surface area contributed by atoms with Gasteiger partial charge in [-0.25, -0.2) is 0 Å². The highest BCUT2D eigenvalue weighted by Gasteiger charge is 2.43. The molecule has 1 aromatic rings. The molecular formula is C12H20N2. The topological polar surface area (TPSA) is 24.9 Å². The molecule has 1 aliphatic rings. The lowest BCUT2D eigenvalue weighted by Gasteiger charge is -2.12. The first-order valence-corrected chi connectivity index (χ1v) is 5.39. The molecular weight excluding hydrogens is 172 g/mol. The summed E-state index contributed by atoms with van der Waals surface area (Å²) in [4.78, 5) is 4.42. The molecule has 0 radical (unpaired) electrons. The molecule has 1 saturated carbocycles. The maximum Gasteiger partial charge on any atom is 0.0607 e. The monoisotopic (exact) mass is 192 g/mol. The van der Waals surface area contributed by atoms with Crippen molar-refractivity contribution in [3.8, 4) is 0 Å². The number of nitrogens with zero attached hydrogens (tertiary/aromatic N) is 1. The molecule has 0 amide bonds. The summed E-state index contributed by atoms with van der Waals surface area (Å²) in [5, 5.41) is 3.33. The number of nitrogens with one attached hydrogen (secondary N) is 1. The maximum atomic E-state index is 4.42. The van der Waals surface area contributed by atoms with Crippen LogP contribution in [0, 0.1) is 6.92 Å². The maximum absolute atomic E-state index is 4.42. The summed E-state index contributed by atoms with van der Waals surface area (Å²) in [6, 6.07) is 4.25. The third kappa shape index (κ3) is 2.13. The Morgan fingerprint density at radius 3 is 2.29 bits per heavy atom. The van der Waals surface area contributed by atoms with E-state index in [0.717, 1.165) is 0 Å². The van der Waals surface area contributed by atoms with Crippen LogP contribution in [0.15, 0.2) is 18.3 Å². The first-order valence-electron chi connectivity index (χ1n) is 5.39. The summed E-state index contributed by atoms with van der Waals surface area (Å²) in [5.74, 6) is 0. The van der Waals surface area contributed by atoms with Crippen LogP contribution in [0.2, 0.25) is 0 Å². The minimum atomic E-state index is 0.216. The lowest BCUT2D eigenvalue weighted by Crippen LogP contribution is -2.25. The third-order valence-corrected chi connectivity index (χ3v) is 2.63. The van der Waals surface area contributed by atoms with Crippen molar-refractivity contribution in [2.75, 3.05) is 7.05 Å². The van der Waals surface area contributed by atoms with E-state index in [4.69, 9.17) is 0 Å². The molecule has 78 valence electrons. The normalized spacial score (nSPS) is 16.9. The number of aryl methyl sites for hydroxylation is 1. The molecule has 14 heavy (non-hydrogen) atoms. The summed E-state index contributed by atoms with van der Waals surface area (Å²) in [5.41, 5.74) is 2.63. The Kier molecular flexibility index (Phi) is 3.64. The van der Waals surface area contributed by atoms with Gasteiger partial charge in [0.15, 0.2) is 0 Å². The second-order valence-electron chi connectivity index (χ2n) is 3.55. The fraction of sp³-hybridized carbons (Fsp3) is 0.583. The lowest BCUT2D eigenvalue weighted by molar-refractivity contribution is 0.567. The van der Waals surface area contributed by atoms with Crippen molar-refractivity contribution in [1.82, 2.24) is 10.3 Å². The van der Waals surface area contributed by atoms with Crippen LogP contribution in [-0.4, -0.2) is 12.0 Å². The van der Waals surface area contributed by atoms with E-state index in [2.05, 4.69) is 29.4 Å². The molecule has 0 saturated heterocycles. The van der Waals surface area contributed by atoms with Gasteiger partial charge in [0.25, 0.3) is 0 Å². The van der Waals surface area contributed by atoms with Gasteiger partial charge in [0.05, 0.1) is 11.2 Å². The molecule has 1 N–H and O–H groups in total. The van der Waals surface area contributed by atoms with Crippen LogP contribution in [0.3, 0.4) is 0 Å². The number of rotatable bonds is 2. The predicted octanol–water partition coefficient (Wildman–Crippen LogP) is 2.62. The van der Waals surface area contributed by atoms with Crippen molar-refractivity contribution in [2.45, 2.75) is 39.2 Å². The zero-order chi connectivity index (χ0) is 10.6. The zero-order valence-electron chi connectivity index (χ0n) is 9.59. The Hall–Kier alpha value is -0.890. The van der Waals surface area contributed by atoms with E-state index in [-0.39, 0.29) is 5.54 Å². The first kappa shape index (κ1) is 11.2. The minimum absolute atomic E-state index is 0.216. The molecule has 2 rings (SSSR count). The van der Waals surface area contributed by atoms with Gasteiger partial charge in [-0.3, -0.25) is 4.98 Å². The van der Waals surface area contributed by atoms with E-state index in [1.54, 1.807) is 0 Å². The van der Waals surface area contributed by atoms with Crippen LogP contribution in [0.5, 0.6) is 0 Å². The Bertz CT molecular complexity index is 273. The molecule has 1 heterocycles. The molecule has 0 unspecified atom stereocenters. The highest BCUT2D eigenvalue weighted by molar-refractivity contribution is 5.24. The summed E-state index contributed by atoms with van der Waals surface area (Å²) < 4.78 is 0. The average Bonchev–Trinajstić information content (AvgIpc) is 3.03. The highest BCUT2D eigenvalue weighted by Crippen LogP contribution is 2.43. The standard InChI is InChI=1S/C10H14N2.C2H6/c1-8-3-4-9(12-7-8)10(11-2)5-6-10;1-2/h3-4,7,11H,5-6H2,1-2H3;1-2H3. The van der Waals surface area contributed by atoms with Gasteiger partial charge < -0.3 is 5.32 Å². The van der Waals surface area contributed by atoms with Crippen LogP contribution in [0.25, 0.3) is 0 Å². The van der Waals surface area contributed by atoms with E-state index < -0.39 is 0 Å². The fourth-order valence-electron chi connectivity index (χ4n) is 1.51. The molecule has 0 aliphatic heterocycles. The number of aromatic nitrogens is 1. The Labute approximate surface area is 86.8 Å². The van der Waals surface area contributed by atoms with Crippen LogP contribution in [0.1, 0.15) is 37.9 Å². The second kappa shape index (κ2) is 4.56. The Morgan fingerprint density at radius 2 is 1.93 bits per heavy atom. The lowest BCUT2D eigenvalue weighted by atomic mass is 10.1. The summed E-state index contributed by atoms with van der Waals surface area (Å²) >= 11 is 0. The highest BCUT2D eigenvalue weighted by atomic mass is 15.0. The van der Waals surface area contributed by atoms with Crippen LogP contribution < -0.4 is 5.32 Å². The molecule has 0 spiro atoms. The van der Waals surface area contributed by atoms with Gasteiger partial charge in [0.2, 0.25) is 0 Å². The third-order valence-electron chi connectivity index (χ3n) is 2.63. The predicted molar refractivity (Wildman–Crippen MR) is 60.3 cm³/mol. The van der Waals surface area contributed by atoms with Crippen molar-refractivity contribution < 1.29 is 0 Å². The summed E-state index contributed by atoms with van der Waals surface area (Å²) in [6.45, 7) is 6.07. The zero-order valence-corrected chi connectivity index (χ0v) is 9.59. The van der Waals surface area contributed by atoms with Crippen LogP contribution in [-0.2, 0) is 5.54 Å². The molecule has 0 atom stereocenters. The van der Waals surface area contributed by atoms with Crippen molar-refractivity contribution in [2.24, 2.45) is 0 Å². The van der Waals surface area contributed by atoms with E-state index in [0.29, 0.717) is 0 Å². The molecule has 2 nitrogen and oxygen atoms in total. The van der Waals surface area contributed by atoms with E-state index >= 15 is 0 Å². The van der Waals surface area contributed by atoms with E-state index in [1.165, 1.54) is 24.1 Å². The van der Waals surface area contributed by atoms with Gasteiger partial charge >= 0.3 is 0 Å². The van der Waals surface area contributed by atoms with Crippen molar-refractivity contribution in [3.05, 3.63) is 29.6 Å². The largest absolute Gasteiger partial charge is 0.309 e. The molecule has 1 aliphatic carbocycles. The van der Waals surface area contributed by atoms with Gasteiger partial charge in [-0.15, -0.1) is 0 Å². The number of hydrogen-bond acceptors (Lipinski definition) is 2. The number of pyridine rings is 1. The van der Waals surface area contributed by atoms with E-state index in [1.807, 2.05) is 27.1 Å². The first-order chi connectivity index (χ1) is 6.77. The average molecular weight is 192 g/mol. The Balaban J connectivity index is 0.000000461. The van der Waals surface area contributed by atoms with Gasteiger partial charge in [-0.2, -0.15) is 0 Å². The quantitative estimate of drug-likeness (QED) is 0.779. The van der Waals surface area contributed by atoms with Gasteiger partial charge in [-0.1, -0.05) is 19.9 Å². The van der Waals surface area contributed by atoms with Crippen LogP contribution >= 0.6 is 0 Å². The molecule has 1 fully saturated rings.